The first-order valence-electron chi connectivity index (χ1n) is 7.12. The highest BCUT2D eigenvalue weighted by Gasteiger charge is 2.26. The lowest BCUT2D eigenvalue weighted by molar-refractivity contribution is -0.255. The fourth-order valence-electron chi connectivity index (χ4n) is 2.35. The lowest BCUT2D eigenvalue weighted by Gasteiger charge is -2.18. The highest BCUT2D eigenvalue weighted by atomic mass is 32.2. The Balaban J connectivity index is 1.94. The predicted octanol–water partition coefficient (Wildman–Crippen LogP) is 2.23. The van der Waals surface area contributed by atoms with Crippen molar-refractivity contribution in [1.29, 1.82) is 0 Å². The third-order valence-electron chi connectivity index (χ3n) is 3.54. The van der Waals surface area contributed by atoms with Crippen LogP contribution in [0.2, 0.25) is 0 Å². The molecular weight excluding hydrogens is 326 g/mol. The summed E-state index contributed by atoms with van der Waals surface area (Å²) in [5, 5.41) is 10.8. The van der Waals surface area contributed by atoms with Crippen molar-refractivity contribution in [3.8, 4) is 0 Å². The van der Waals surface area contributed by atoms with Crippen LogP contribution in [-0.2, 0) is 4.79 Å². The van der Waals surface area contributed by atoms with Crippen molar-refractivity contribution in [1.82, 2.24) is 0 Å². The molecule has 2 aromatic rings. The number of carboxylic acids is 1. The third-order valence-corrected chi connectivity index (χ3v) is 4.63. The number of hydrogen-bond donors (Lipinski definition) is 0. The number of aromatic carboxylic acids is 1. The molecule has 0 aliphatic carbocycles. The van der Waals surface area contributed by atoms with Gasteiger partial charge < -0.3 is 9.90 Å². The number of hydrogen-bond acceptors (Lipinski definition) is 5. The van der Waals surface area contributed by atoms with Crippen molar-refractivity contribution in [2.45, 2.75) is 11.8 Å². The summed E-state index contributed by atoms with van der Waals surface area (Å²) in [6, 6.07) is 13.0. The summed E-state index contributed by atoms with van der Waals surface area (Å²) in [7, 11) is 0. The van der Waals surface area contributed by atoms with Crippen LogP contribution in [0.15, 0.2) is 64.5 Å². The Morgan fingerprint density at radius 1 is 1.08 bits per heavy atom. The van der Waals surface area contributed by atoms with E-state index in [0.29, 0.717) is 16.2 Å². The van der Waals surface area contributed by atoms with E-state index < -0.39 is 5.97 Å². The summed E-state index contributed by atoms with van der Waals surface area (Å²) in [5.41, 5.74) is 1.11. The summed E-state index contributed by atoms with van der Waals surface area (Å²) in [6.45, 7) is 1.38. The van der Waals surface area contributed by atoms with E-state index in [1.807, 2.05) is 12.1 Å². The summed E-state index contributed by atoms with van der Waals surface area (Å²) in [6.07, 6.45) is 1.49. The van der Waals surface area contributed by atoms with Gasteiger partial charge in [0.1, 0.15) is 0 Å². The first-order valence-corrected chi connectivity index (χ1v) is 7.93. The number of benzene rings is 2. The molecule has 1 amide bonds. The molecule has 5 nitrogen and oxygen atoms in total. The number of fused-ring (bicyclic) bond motifs is 1. The normalized spacial score (nSPS) is 14.5. The summed E-state index contributed by atoms with van der Waals surface area (Å²) in [4.78, 5) is 37.8. The van der Waals surface area contributed by atoms with Crippen molar-refractivity contribution in [2.75, 3.05) is 4.90 Å². The monoisotopic (exact) mass is 338 g/mol. The fraction of sp³-hybridized carbons (Fsp3) is 0.0556. The summed E-state index contributed by atoms with van der Waals surface area (Å²) < 4.78 is 0. The van der Waals surface area contributed by atoms with Crippen LogP contribution in [0.1, 0.15) is 27.6 Å². The third kappa shape index (κ3) is 2.96. The number of carboxylic acid groups (broad SMARTS) is 1. The van der Waals surface area contributed by atoms with Gasteiger partial charge in [0.2, 0.25) is 11.7 Å². The zero-order valence-electron chi connectivity index (χ0n) is 12.7. The fourth-order valence-corrected chi connectivity index (χ4v) is 3.36. The molecule has 3 rings (SSSR count). The highest BCUT2D eigenvalue weighted by Crippen LogP contribution is 2.40. The number of thioether (sulfide) groups is 1. The molecule has 6 heteroatoms. The minimum atomic E-state index is -1.29. The predicted molar refractivity (Wildman–Crippen MR) is 88.6 cm³/mol. The maximum absolute atomic E-state index is 12.4. The van der Waals surface area contributed by atoms with Gasteiger partial charge in [-0.15, -0.1) is 0 Å². The van der Waals surface area contributed by atoms with E-state index in [2.05, 4.69) is 0 Å². The summed E-state index contributed by atoms with van der Waals surface area (Å²) >= 11 is 1.31. The Labute approximate surface area is 142 Å². The minimum Gasteiger partial charge on any atom is -0.545 e. The quantitative estimate of drug-likeness (QED) is 0.802. The Bertz CT molecular complexity index is 871. The molecule has 1 heterocycles. The second kappa shape index (κ2) is 6.33. The second-order valence-corrected chi connectivity index (χ2v) is 6.23. The number of anilines is 1. The zero-order valence-corrected chi connectivity index (χ0v) is 13.5. The Hall–Kier alpha value is -2.86. The molecule has 0 saturated heterocycles. The van der Waals surface area contributed by atoms with Gasteiger partial charge in [0.15, 0.2) is 0 Å². The number of carbonyl (C=O) groups excluding carboxylic acids is 3. The van der Waals surface area contributed by atoms with E-state index in [9.17, 15) is 19.5 Å². The van der Waals surface area contributed by atoms with Crippen molar-refractivity contribution < 1.29 is 19.5 Å². The Morgan fingerprint density at radius 3 is 2.33 bits per heavy atom. The molecule has 2 aromatic carbocycles. The van der Waals surface area contributed by atoms with Gasteiger partial charge in [0, 0.05) is 29.3 Å². The van der Waals surface area contributed by atoms with Crippen molar-refractivity contribution >= 4 is 35.1 Å². The molecule has 120 valence electrons. The molecule has 0 N–H and O–H groups in total. The van der Waals surface area contributed by atoms with Crippen LogP contribution in [0.4, 0.5) is 5.69 Å². The highest BCUT2D eigenvalue weighted by molar-refractivity contribution is 8.04. The number of amides is 1. The molecule has 1 aliphatic heterocycles. The number of ketones is 1. The van der Waals surface area contributed by atoms with Gasteiger partial charge in [0.25, 0.3) is 0 Å². The molecule has 0 bridgehead atoms. The number of rotatable bonds is 3. The molecule has 0 unspecified atom stereocenters. The largest absolute Gasteiger partial charge is 0.545 e. The number of allylic oxidation sites excluding steroid dienone is 1. The summed E-state index contributed by atoms with van der Waals surface area (Å²) in [5.74, 6) is -1.70. The first kappa shape index (κ1) is 16.0. The molecule has 24 heavy (non-hydrogen) atoms. The lowest BCUT2D eigenvalue weighted by Crippen LogP contribution is -2.24. The number of carbonyl (C=O) groups is 3. The van der Waals surface area contributed by atoms with Crippen LogP contribution in [0.3, 0.4) is 0 Å². The van der Waals surface area contributed by atoms with Gasteiger partial charge in [-0.1, -0.05) is 36.0 Å². The molecule has 0 atom stereocenters. The second-order valence-electron chi connectivity index (χ2n) is 5.14. The molecule has 0 radical (unpaired) electrons. The Morgan fingerprint density at radius 2 is 1.75 bits per heavy atom. The van der Waals surface area contributed by atoms with Crippen LogP contribution >= 0.6 is 11.8 Å². The molecular formula is C18H12NO4S-. The first-order chi connectivity index (χ1) is 11.5. The van der Waals surface area contributed by atoms with Crippen molar-refractivity contribution in [3.63, 3.8) is 0 Å². The Kier molecular flexibility index (Phi) is 4.22. The SMILES string of the molecule is CC(=O)N(C=C1Sc2ccccc2C1=O)c1ccc(C(=O)[O-])cc1. The maximum Gasteiger partial charge on any atom is 0.227 e. The molecule has 0 fully saturated rings. The topological polar surface area (TPSA) is 77.5 Å². The van der Waals surface area contributed by atoms with Crippen LogP contribution in [0, 0.1) is 0 Å². The van der Waals surface area contributed by atoms with Crippen LogP contribution in [-0.4, -0.2) is 17.7 Å². The van der Waals surface area contributed by atoms with E-state index in [4.69, 9.17) is 0 Å². The lowest BCUT2D eigenvalue weighted by atomic mass is 10.1. The van der Waals surface area contributed by atoms with Gasteiger partial charge in [-0.25, -0.2) is 0 Å². The van der Waals surface area contributed by atoms with E-state index in [-0.39, 0.29) is 17.3 Å². The van der Waals surface area contributed by atoms with E-state index in [0.717, 1.165) is 4.90 Å². The average Bonchev–Trinajstić information content (AvgIpc) is 2.89. The molecule has 1 aliphatic rings. The molecule has 0 saturated carbocycles. The van der Waals surface area contributed by atoms with Gasteiger partial charge >= 0.3 is 0 Å². The van der Waals surface area contributed by atoms with Crippen LogP contribution in [0.25, 0.3) is 0 Å². The minimum absolute atomic E-state index is 0.0219. The van der Waals surface area contributed by atoms with Crippen LogP contribution < -0.4 is 10.0 Å². The van der Waals surface area contributed by atoms with Gasteiger partial charge in [-0.2, -0.15) is 0 Å². The van der Waals surface area contributed by atoms with Crippen molar-refractivity contribution in [2.24, 2.45) is 0 Å². The zero-order chi connectivity index (χ0) is 17.3. The average molecular weight is 338 g/mol. The van der Waals surface area contributed by atoms with E-state index in [1.54, 1.807) is 12.1 Å². The smallest absolute Gasteiger partial charge is 0.227 e. The van der Waals surface area contributed by atoms with Gasteiger partial charge in [-0.05, 0) is 29.8 Å². The van der Waals surface area contributed by atoms with Gasteiger partial charge in [0.05, 0.1) is 10.9 Å². The number of Topliss-reactive ketones (excluding diaryl/α,β-unsaturated/α-hetero) is 1. The number of nitrogens with zero attached hydrogens (tertiary/aromatic N) is 1. The molecule has 0 aromatic heterocycles. The van der Waals surface area contributed by atoms with Crippen LogP contribution in [0.5, 0.6) is 0 Å². The van der Waals surface area contributed by atoms with Crippen molar-refractivity contribution in [3.05, 3.63) is 70.8 Å². The standard InChI is InChI=1S/C18H13NO4S/c1-11(20)19(13-8-6-12(7-9-13)18(22)23)10-16-17(21)14-4-2-3-5-15(14)24-16/h2-10H,1H3,(H,22,23)/p-1. The van der Waals surface area contributed by atoms with Gasteiger partial charge in [-0.3, -0.25) is 14.5 Å². The molecule has 0 spiro atoms. The van der Waals surface area contributed by atoms with E-state index >= 15 is 0 Å². The maximum atomic E-state index is 12.4. The van der Waals surface area contributed by atoms with E-state index in [1.165, 1.54) is 54.1 Å².